The second-order valence-corrected chi connectivity index (χ2v) is 2.18. The molecule has 2 heterocycles. The molecule has 0 bridgehead atoms. The van der Waals surface area contributed by atoms with E-state index < -0.39 is 12.1 Å². The molecule has 0 radical (unpaired) electrons. The molecule has 0 atom stereocenters. The minimum absolute atomic E-state index is 0.163. The lowest BCUT2D eigenvalue weighted by molar-refractivity contribution is -0.159. The van der Waals surface area contributed by atoms with Crippen molar-refractivity contribution in [1.82, 2.24) is 20.3 Å². The van der Waals surface area contributed by atoms with Gasteiger partial charge in [-0.25, -0.2) is 0 Å². The molecule has 0 aliphatic carbocycles. The van der Waals surface area contributed by atoms with Gasteiger partial charge in [0.15, 0.2) is 0 Å². The van der Waals surface area contributed by atoms with E-state index >= 15 is 0 Å². The average molecular weight is 206 g/mol. The molecular formula is C5HF3N4O2. The summed E-state index contributed by atoms with van der Waals surface area (Å²) in [7, 11) is 0. The van der Waals surface area contributed by atoms with Crippen LogP contribution in [0.2, 0.25) is 0 Å². The second-order valence-electron chi connectivity index (χ2n) is 2.18. The Labute approximate surface area is 73.7 Å². The maximum atomic E-state index is 12.0. The molecule has 0 spiro atoms. The van der Waals surface area contributed by atoms with Gasteiger partial charge in [0.2, 0.25) is 18.0 Å². The lowest BCUT2D eigenvalue weighted by Gasteiger charge is -1.95. The van der Waals surface area contributed by atoms with Crippen LogP contribution in [0.25, 0.3) is 11.6 Å². The smallest absolute Gasteiger partial charge is 0.342 e. The second kappa shape index (κ2) is 2.79. The van der Waals surface area contributed by atoms with E-state index in [1.807, 2.05) is 0 Å². The molecule has 0 N–H and O–H groups in total. The molecule has 9 heteroatoms. The summed E-state index contributed by atoms with van der Waals surface area (Å²) in [5.41, 5.74) is 0. The molecule has 14 heavy (non-hydrogen) atoms. The molecule has 2 aromatic rings. The molecule has 0 amide bonds. The van der Waals surface area contributed by atoms with Crippen molar-refractivity contribution < 1.29 is 22.2 Å². The van der Waals surface area contributed by atoms with Gasteiger partial charge in [-0.05, 0) is 0 Å². The number of aromatic nitrogens is 4. The van der Waals surface area contributed by atoms with E-state index in [-0.39, 0.29) is 11.6 Å². The van der Waals surface area contributed by atoms with E-state index in [1.165, 1.54) is 0 Å². The SMILES string of the molecule is FC(F)(F)c1nc(-c2ncon2)no1. The number of alkyl halides is 3. The molecule has 0 saturated heterocycles. The third-order valence-electron chi connectivity index (χ3n) is 1.23. The van der Waals surface area contributed by atoms with Crippen molar-refractivity contribution in [1.29, 1.82) is 0 Å². The zero-order valence-corrected chi connectivity index (χ0v) is 6.32. The van der Waals surface area contributed by atoms with E-state index in [0.717, 1.165) is 6.39 Å². The number of halogens is 3. The third-order valence-corrected chi connectivity index (χ3v) is 1.23. The predicted octanol–water partition coefficient (Wildman–Crippen LogP) is 1.14. The van der Waals surface area contributed by atoms with Crippen molar-refractivity contribution in [2.45, 2.75) is 6.18 Å². The van der Waals surface area contributed by atoms with Gasteiger partial charge in [0.05, 0.1) is 0 Å². The van der Waals surface area contributed by atoms with Gasteiger partial charge < -0.3 is 9.05 Å². The van der Waals surface area contributed by atoms with Crippen LogP contribution in [0.1, 0.15) is 5.89 Å². The zero-order chi connectivity index (χ0) is 10.2. The van der Waals surface area contributed by atoms with Crippen LogP contribution in [-0.4, -0.2) is 20.3 Å². The highest BCUT2D eigenvalue weighted by Crippen LogP contribution is 2.28. The summed E-state index contributed by atoms with van der Waals surface area (Å²) in [6, 6.07) is 0. The Balaban J connectivity index is 2.36. The van der Waals surface area contributed by atoms with E-state index in [2.05, 4.69) is 29.3 Å². The number of hydrogen-bond acceptors (Lipinski definition) is 6. The molecule has 2 rings (SSSR count). The van der Waals surface area contributed by atoms with Crippen molar-refractivity contribution in [3.05, 3.63) is 12.3 Å². The summed E-state index contributed by atoms with van der Waals surface area (Å²) in [6.45, 7) is 0. The maximum Gasteiger partial charge on any atom is 0.471 e. The molecule has 0 aliphatic heterocycles. The van der Waals surface area contributed by atoms with Crippen LogP contribution < -0.4 is 0 Å². The Kier molecular flexibility index (Phi) is 1.72. The van der Waals surface area contributed by atoms with Crippen LogP contribution >= 0.6 is 0 Å². The predicted molar refractivity (Wildman–Crippen MR) is 32.6 cm³/mol. The topological polar surface area (TPSA) is 77.8 Å². The largest absolute Gasteiger partial charge is 0.471 e. The first-order valence-electron chi connectivity index (χ1n) is 3.25. The molecule has 0 unspecified atom stereocenters. The van der Waals surface area contributed by atoms with Gasteiger partial charge in [-0.2, -0.15) is 23.1 Å². The van der Waals surface area contributed by atoms with E-state index in [4.69, 9.17) is 0 Å². The monoisotopic (exact) mass is 206 g/mol. The Morgan fingerprint density at radius 2 is 1.93 bits per heavy atom. The number of rotatable bonds is 1. The van der Waals surface area contributed by atoms with Crippen LogP contribution in [0.4, 0.5) is 13.2 Å². The fourth-order valence-corrected chi connectivity index (χ4v) is 0.699. The highest BCUT2D eigenvalue weighted by Gasteiger charge is 2.38. The molecule has 2 aromatic heterocycles. The minimum Gasteiger partial charge on any atom is -0.342 e. The van der Waals surface area contributed by atoms with Crippen molar-refractivity contribution in [2.75, 3.05) is 0 Å². The molecule has 6 nitrogen and oxygen atoms in total. The summed E-state index contributed by atoms with van der Waals surface area (Å²) in [5.74, 6) is -1.98. The Morgan fingerprint density at radius 1 is 1.14 bits per heavy atom. The van der Waals surface area contributed by atoms with Crippen molar-refractivity contribution >= 4 is 0 Å². The van der Waals surface area contributed by atoms with Crippen molar-refractivity contribution in [3.63, 3.8) is 0 Å². The van der Waals surface area contributed by atoms with Gasteiger partial charge in [-0.1, -0.05) is 10.3 Å². The van der Waals surface area contributed by atoms with Crippen LogP contribution in [0.5, 0.6) is 0 Å². The molecule has 0 aromatic carbocycles. The Morgan fingerprint density at radius 3 is 2.43 bits per heavy atom. The highest BCUT2D eigenvalue weighted by molar-refractivity contribution is 5.39. The van der Waals surface area contributed by atoms with Gasteiger partial charge in [-0.3, -0.25) is 0 Å². The minimum atomic E-state index is -4.67. The van der Waals surface area contributed by atoms with E-state index in [0.29, 0.717) is 0 Å². The van der Waals surface area contributed by atoms with Gasteiger partial charge >= 0.3 is 12.1 Å². The van der Waals surface area contributed by atoms with Crippen LogP contribution in [0.15, 0.2) is 15.4 Å². The first-order valence-corrected chi connectivity index (χ1v) is 3.25. The fraction of sp³-hybridized carbons (Fsp3) is 0.200. The van der Waals surface area contributed by atoms with E-state index in [1.54, 1.807) is 0 Å². The zero-order valence-electron chi connectivity index (χ0n) is 6.32. The normalized spacial score (nSPS) is 11.9. The lowest BCUT2D eigenvalue weighted by atomic mass is 10.6. The maximum absolute atomic E-state index is 12.0. The summed E-state index contributed by atoms with van der Waals surface area (Å²) >= 11 is 0. The average Bonchev–Trinajstić information content (AvgIpc) is 2.73. The summed E-state index contributed by atoms with van der Waals surface area (Å²) in [4.78, 5) is 6.49. The fourth-order valence-electron chi connectivity index (χ4n) is 0.699. The number of hydrogen-bond donors (Lipinski definition) is 0. The first kappa shape index (κ1) is 8.66. The number of nitrogens with zero attached hydrogens (tertiary/aromatic N) is 4. The van der Waals surface area contributed by atoms with Crippen LogP contribution in [-0.2, 0) is 6.18 Å². The lowest BCUT2D eigenvalue weighted by Crippen LogP contribution is -2.04. The quantitative estimate of drug-likeness (QED) is 0.696. The van der Waals surface area contributed by atoms with Crippen LogP contribution in [0.3, 0.4) is 0 Å². The van der Waals surface area contributed by atoms with Gasteiger partial charge in [-0.15, -0.1) is 0 Å². The molecule has 0 saturated carbocycles. The Bertz CT molecular complexity index is 420. The molecular weight excluding hydrogens is 205 g/mol. The highest BCUT2D eigenvalue weighted by atomic mass is 19.4. The Hall–Kier alpha value is -1.93. The van der Waals surface area contributed by atoms with Crippen molar-refractivity contribution in [3.8, 4) is 11.6 Å². The summed E-state index contributed by atoms with van der Waals surface area (Å²) in [6.07, 6.45) is -3.73. The van der Waals surface area contributed by atoms with E-state index in [9.17, 15) is 13.2 Å². The third kappa shape index (κ3) is 1.43. The van der Waals surface area contributed by atoms with Gasteiger partial charge in [0.1, 0.15) is 0 Å². The first-order chi connectivity index (χ1) is 6.57. The summed E-state index contributed by atoms with van der Waals surface area (Å²) < 4.78 is 44.2. The molecule has 0 fully saturated rings. The molecule has 0 aliphatic rings. The van der Waals surface area contributed by atoms with Gasteiger partial charge in [0.25, 0.3) is 0 Å². The van der Waals surface area contributed by atoms with Crippen molar-refractivity contribution in [2.24, 2.45) is 0 Å². The standard InChI is InChI=1S/C5HF3N4O2/c6-5(7,8)4-10-3(12-14-4)2-9-1-13-11-2/h1H. The van der Waals surface area contributed by atoms with Gasteiger partial charge in [0, 0.05) is 0 Å². The molecule has 74 valence electrons. The summed E-state index contributed by atoms with van der Waals surface area (Å²) in [5, 5.41) is 6.28. The van der Waals surface area contributed by atoms with Crippen LogP contribution in [0, 0.1) is 0 Å².